The molecule has 0 aromatic heterocycles. The highest BCUT2D eigenvalue weighted by atomic mass is 32.1. The molecule has 4 heteroatoms. The van der Waals surface area contributed by atoms with Gasteiger partial charge in [0.2, 0.25) is 0 Å². The summed E-state index contributed by atoms with van der Waals surface area (Å²) in [5, 5.41) is 8.99. The molecule has 0 amide bonds. The minimum atomic E-state index is -0.273. The first-order chi connectivity index (χ1) is 8.12. The van der Waals surface area contributed by atoms with Crippen molar-refractivity contribution in [1.29, 1.82) is 5.26 Å². The van der Waals surface area contributed by atoms with Crippen LogP contribution in [0.3, 0.4) is 0 Å². The second-order valence-corrected chi connectivity index (χ2v) is 4.05. The topological polar surface area (TPSA) is 50.1 Å². The molecule has 0 aliphatic rings. The number of ether oxygens (including phenoxy) is 1. The van der Waals surface area contributed by atoms with Gasteiger partial charge in [0.05, 0.1) is 18.6 Å². The van der Waals surface area contributed by atoms with Crippen molar-refractivity contribution < 1.29 is 9.53 Å². The first kappa shape index (κ1) is 13.6. The zero-order valence-electron chi connectivity index (χ0n) is 9.99. The van der Waals surface area contributed by atoms with E-state index in [9.17, 15) is 4.79 Å². The maximum Gasteiger partial charge on any atom is 0.310 e. The lowest BCUT2D eigenvalue weighted by Crippen LogP contribution is -2.08. The van der Waals surface area contributed by atoms with E-state index in [2.05, 4.69) is 18.7 Å². The lowest BCUT2D eigenvalue weighted by molar-refractivity contribution is -0.142. The van der Waals surface area contributed by atoms with Crippen LogP contribution in [0.5, 0.6) is 0 Å². The van der Waals surface area contributed by atoms with Gasteiger partial charge in [-0.05, 0) is 30.5 Å². The van der Waals surface area contributed by atoms with Crippen LogP contribution in [0.1, 0.15) is 30.5 Å². The molecule has 0 heterocycles. The van der Waals surface area contributed by atoms with Gasteiger partial charge in [-0.25, -0.2) is 0 Å². The average molecular weight is 249 g/mol. The quantitative estimate of drug-likeness (QED) is 0.659. The van der Waals surface area contributed by atoms with Crippen molar-refractivity contribution >= 4 is 18.6 Å². The van der Waals surface area contributed by atoms with Crippen LogP contribution in [0.25, 0.3) is 0 Å². The van der Waals surface area contributed by atoms with Gasteiger partial charge in [-0.15, -0.1) is 12.6 Å². The molecule has 0 radical (unpaired) electrons. The molecule has 1 rings (SSSR count). The molecule has 0 atom stereocenters. The van der Waals surface area contributed by atoms with Gasteiger partial charge in [0.1, 0.15) is 6.07 Å². The number of carbonyl (C=O) groups is 1. The molecule has 0 N–H and O–H groups in total. The van der Waals surface area contributed by atoms with Gasteiger partial charge in [-0.2, -0.15) is 5.26 Å². The Morgan fingerprint density at radius 3 is 2.71 bits per heavy atom. The normalized spacial score (nSPS) is 9.76. The van der Waals surface area contributed by atoms with Crippen molar-refractivity contribution in [2.24, 2.45) is 0 Å². The van der Waals surface area contributed by atoms with Crippen molar-refractivity contribution in [1.82, 2.24) is 0 Å². The summed E-state index contributed by atoms with van der Waals surface area (Å²) in [4.78, 5) is 12.1. The fraction of sp³-hybridized carbons (Fsp3) is 0.385. The highest BCUT2D eigenvalue weighted by molar-refractivity contribution is 7.80. The number of nitriles is 1. The number of thiol groups is 1. The van der Waals surface area contributed by atoms with E-state index < -0.39 is 0 Å². The van der Waals surface area contributed by atoms with Gasteiger partial charge >= 0.3 is 5.97 Å². The summed E-state index contributed by atoms with van der Waals surface area (Å²) in [7, 11) is 0. The molecule has 1 aromatic rings. The summed E-state index contributed by atoms with van der Waals surface area (Å²) < 4.78 is 4.88. The second-order valence-electron chi connectivity index (χ2n) is 3.60. The zero-order chi connectivity index (χ0) is 12.8. The predicted molar refractivity (Wildman–Crippen MR) is 68.1 cm³/mol. The number of hydrogen-bond acceptors (Lipinski definition) is 4. The van der Waals surface area contributed by atoms with E-state index in [-0.39, 0.29) is 12.4 Å². The first-order valence-electron chi connectivity index (χ1n) is 5.52. The molecule has 1 aromatic carbocycles. The molecule has 90 valence electrons. The number of aryl methyl sites for hydroxylation is 1. The first-order valence-corrected chi connectivity index (χ1v) is 5.97. The minimum absolute atomic E-state index is 0.198. The van der Waals surface area contributed by atoms with Crippen LogP contribution in [-0.2, 0) is 22.4 Å². The molecule has 0 spiro atoms. The fourth-order valence-corrected chi connectivity index (χ4v) is 1.93. The van der Waals surface area contributed by atoms with Crippen LogP contribution >= 0.6 is 12.6 Å². The molecular weight excluding hydrogens is 234 g/mol. The lowest BCUT2D eigenvalue weighted by atomic mass is 10.0. The van der Waals surface area contributed by atoms with Crippen LogP contribution < -0.4 is 0 Å². The third-order valence-corrected chi connectivity index (χ3v) is 2.93. The number of hydrogen-bond donors (Lipinski definition) is 1. The number of rotatable bonds is 4. The number of esters is 1. The Kier molecular flexibility index (Phi) is 5.05. The number of carbonyl (C=O) groups excluding carboxylic acids is 1. The van der Waals surface area contributed by atoms with E-state index in [0.29, 0.717) is 17.1 Å². The number of benzene rings is 1. The van der Waals surface area contributed by atoms with Crippen LogP contribution in [0, 0.1) is 11.3 Å². The molecule has 0 unspecified atom stereocenters. The van der Waals surface area contributed by atoms with Gasteiger partial charge in [0.15, 0.2) is 0 Å². The van der Waals surface area contributed by atoms with Crippen molar-refractivity contribution in [3.63, 3.8) is 0 Å². The van der Waals surface area contributed by atoms with Gasteiger partial charge in [-0.1, -0.05) is 13.0 Å². The largest absolute Gasteiger partial charge is 0.466 e. The highest BCUT2D eigenvalue weighted by Gasteiger charge is 2.10. The lowest BCUT2D eigenvalue weighted by Gasteiger charge is -2.08. The smallest absolute Gasteiger partial charge is 0.310 e. The third kappa shape index (κ3) is 3.50. The predicted octanol–water partition coefficient (Wildman–Crippen LogP) is 2.51. The molecule has 17 heavy (non-hydrogen) atoms. The molecule has 0 fully saturated rings. The average Bonchev–Trinajstić information content (AvgIpc) is 2.31. The molecule has 3 nitrogen and oxygen atoms in total. The molecular formula is C13H15NO2S. The van der Waals surface area contributed by atoms with Crippen molar-refractivity contribution in [2.75, 3.05) is 6.61 Å². The van der Waals surface area contributed by atoms with E-state index in [1.165, 1.54) is 0 Å². The Morgan fingerprint density at radius 2 is 2.18 bits per heavy atom. The standard InChI is InChI=1S/C13H15NO2S/c1-3-10-5-9(7-12(15)16-4-2)6-11(8-14)13(10)17/h5-6,17H,3-4,7H2,1-2H3. The van der Waals surface area contributed by atoms with Gasteiger partial charge < -0.3 is 4.74 Å². The molecule has 0 saturated heterocycles. The van der Waals surface area contributed by atoms with Crippen LogP contribution in [0.4, 0.5) is 0 Å². The van der Waals surface area contributed by atoms with Crippen molar-refractivity contribution in [3.05, 3.63) is 28.8 Å². The van der Waals surface area contributed by atoms with Crippen LogP contribution in [0.2, 0.25) is 0 Å². The van der Waals surface area contributed by atoms with E-state index in [0.717, 1.165) is 17.5 Å². The SMILES string of the molecule is CCOC(=O)Cc1cc(C#N)c(S)c(CC)c1. The van der Waals surface area contributed by atoms with E-state index in [1.54, 1.807) is 13.0 Å². The Balaban J connectivity index is 3.02. The Bertz CT molecular complexity index is 463. The Morgan fingerprint density at radius 1 is 1.47 bits per heavy atom. The highest BCUT2D eigenvalue weighted by Crippen LogP contribution is 2.22. The van der Waals surface area contributed by atoms with E-state index >= 15 is 0 Å². The summed E-state index contributed by atoms with van der Waals surface area (Å²) in [5.74, 6) is -0.273. The summed E-state index contributed by atoms with van der Waals surface area (Å²) in [5.41, 5.74) is 2.29. The maximum atomic E-state index is 11.4. The molecule has 0 saturated carbocycles. The number of nitrogens with zero attached hydrogens (tertiary/aromatic N) is 1. The summed E-state index contributed by atoms with van der Waals surface area (Å²) in [6.07, 6.45) is 0.980. The van der Waals surface area contributed by atoms with Gasteiger partial charge in [0.25, 0.3) is 0 Å². The van der Waals surface area contributed by atoms with Crippen molar-refractivity contribution in [3.8, 4) is 6.07 Å². The fourth-order valence-electron chi connectivity index (χ4n) is 1.60. The van der Waals surface area contributed by atoms with Gasteiger partial charge in [0, 0.05) is 4.90 Å². The zero-order valence-corrected chi connectivity index (χ0v) is 10.9. The van der Waals surface area contributed by atoms with Crippen molar-refractivity contribution in [2.45, 2.75) is 31.6 Å². The molecule has 0 bridgehead atoms. The summed E-state index contributed by atoms with van der Waals surface area (Å²) in [6.45, 7) is 4.13. The molecule has 0 aliphatic heterocycles. The van der Waals surface area contributed by atoms with E-state index in [4.69, 9.17) is 10.00 Å². The third-order valence-electron chi connectivity index (χ3n) is 2.40. The molecule has 0 aliphatic carbocycles. The van der Waals surface area contributed by atoms with Gasteiger partial charge in [-0.3, -0.25) is 4.79 Å². The van der Waals surface area contributed by atoms with E-state index in [1.807, 2.05) is 13.0 Å². The Labute approximate surface area is 107 Å². The second kappa shape index (κ2) is 6.31. The van der Waals surface area contributed by atoms with Crippen LogP contribution in [0.15, 0.2) is 17.0 Å². The maximum absolute atomic E-state index is 11.4. The summed E-state index contributed by atoms with van der Waals surface area (Å²) in [6, 6.07) is 5.68. The Hall–Kier alpha value is -1.47. The van der Waals surface area contributed by atoms with Crippen LogP contribution in [-0.4, -0.2) is 12.6 Å². The summed E-state index contributed by atoms with van der Waals surface area (Å²) >= 11 is 4.31. The minimum Gasteiger partial charge on any atom is -0.466 e. The monoisotopic (exact) mass is 249 g/mol.